The van der Waals surface area contributed by atoms with Crippen molar-refractivity contribution in [2.24, 2.45) is 11.3 Å². The summed E-state index contributed by atoms with van der Waals surface area (Å²) >= 11 is 0. The molecule has 1 saturated heterocycles. The van der Waals surface area contributed by atoms with Crippen LogP contribution in [0.25, 0.3) is 0 Å². The van der Waals surface area contributed by atoms with E-state index in [2.05, 4.69) is 37.9 Å². The molecular weight excluding hydrogens is 224 g/mol. The van der Waals surface area contributed by atoms with Crippen LogP contribution in [-0.2, 0) is 4.74 Å². The van der Waals surface area contributed by atoms with Gasteiger partial charge in [0.2, 0.25) is 0 Å². The standard InChI is InChI=1S/C15H30N2O/c1-12-9-16-14(15(2,3)4)10-17(12)7-8-18-11-13-5-6-13/h12-14,16H,5-11H2,1-4H3. The van der Waals surface area contributed by atoms with E-state index >= 15 is 0 Å². The molecule has 1 aliphatic heterocycles. The maximum Gasteiger partial charge on any atom is 0.0593 e. The molecule has 0 radical (unpaired) electrons. The first kappa shape index (κ1) is 14.3. The van der Waals surface area contributed by atoms with Gasteiger partial charge in [0, 0.05) is 38.3 Å². The molecule has 0 aromatic carbocycles. The van der Waals surface area contributed by atoms with E-state index in [0.717, 1.165) is 38.8 Å². The molecule has 0 amide bonds. The summed E-state index contributed by atoms with van der Waals surface area (Å²) in [7, 11) is 0. The lowest BCUT2D eigenvalue weighted by Gasteiger charge is -2.44. The van der Waals surface area contributed by atoms with Crippen molar-refractivity contribution in [3.63, 3.8) is 0 Å². The molecule has 0 aromatic heterocycles. The quantitative estimate of drug-likeness (QED) is 0.761. The van der Waals surface area contributed by atoms with Crippen LogP contribution in [0.1, 0.15) is 40.5 Å². The van der Waals surface area contributed by atoms with Crippen LogP contribution in [0.4, 0.5) is 0 Å². The number of nitrogens with zero attached hydrogens (tertiary/aromatic N) is 1. The fourth-order valence-corrected chi connectivity index (χ4v) is 2.53. The largest absolute Gasteiger partial charge is 0.380 e. The van der Waals surface area contributed by atoms with Crippen LogP contribution in [0.2, 0.25) is 0 Å². The van der Waals surface area contributed by atoms with Crippen molar-refractivity contribution in [3.8, 4) is 0 Å². The molecule has 2 rings (SSSR count). The summed E-state index contributed by atoms with van der Waals surface area (Å²) in [6.45, 7) is 14.5. The summed E-state index contributed by atoms with van der Waals surface area (Å²) < 4.78 is 5.77. The number of piperazine rings is 1. The van der Waals surface area contributed by atoms with Gasteiger partial charge in [-0.05, 0) is 31.1 Å². The molecule has 1 aliphatic carbocycles. The maximum absolute atomic E-state index is 5.77. The van der Waals surface area contributed by atoms with Gasteiger partial charge in [0.1, 0.15) is 0 Å². The molecule has 2 fully saturated rings. The summed E-state index contributed by atoms with van der Waals surface area (Å²) in [6.07, 6.45) is 2.77. The van der Waals surface area contributed by atoms with Gasteiger partial charge in [0.05, 0.1) is 6.61 Å². The van der Waals surface area contributed by atoms with E-state index < -0.39 is 0 Å². The van der Waals surface area contributed by atoms with E-state index in [1.165, 1.54) is 12.8 Å². The van der Waals surface area contributed by atoms with Crippen molar-refractivity contribution < 1.29 is 4.74 Å². The lowest BCUT2D eigenvalue weighted by molar-refractivity contribution is 0.0488. The summed E-state index contributed by atoms with van der Waals surface area (Å²) in [5, 5.41) is 3.67. The molecule has 0 bridgehead atoms. The highest BCUT2D eigenvalue weighted by molar-refractivity contribution is 4.90. The Morgan fingerprint density at radius 2 is 2.00 bits per heavy atom. The van der Waals surface area contributed by atoms with Crippen LogP contribution in [0, 0.1) is 11.3 Å². The average molecular weight is 254 g/mol. The van der Waals surface area contributed by atoms with Crippen LogP contribution in [-0.4, -0.2) is 49.8 Å². The molecule has 1 heterocycles. The SMILES string of the molecule is CC1CNC(C(C)(C)C)CN1CCOCC1CC1. The first-order chi connectivity index (χ1) is 8.47. The lowest BCUT2D eigenvalue weighted by atomic mass is 9.85. The number of ether oxygens (including phenoxy) is 1. The molecule has 18 heavy (non-hydrogen) atoms. The van der Waals surface area contributed by atoms with Gasteiger partial charge >= 0.3 is 0 Å². The van der Waals surface area contributed by atoms with Crippen LogP contribution in [0.15, 0.2) is 0 Å². The molecule has 3 nitrogen and oxygen atoms in total. The second-order valence-electron chi connectivity index (χ2n) is 7.19. The molecule has 2 atom stereocenters. The summed E-state index contributed by atoms with van der Waals surface area (Å²) in [5.74, 6) is 0.882. The van der Waals surface area contributed by atoms with Gasteiger partial charge in [-0.15, -0.1) is 0 Å². The Morgan fingerprint density at radius 1 is 1.28 bits per heavy atom. The van der Waals surface area contributed by atoms with Gasteiger partial charge in [0.15, 0.2) is 0 Å². The zero-order chi connectivity index (χ0) is 13.2. The molecular formula is C15H30N2O. The Morgan fingerprint density at radius 3 is 2.61 bits per heavy atom. The van der Waals surface area contributed by atoms with E-state index in [4.69, 9.17) is 4.74 Å². The summed E-state index contributed by atoms with van der Waals surface area (Å²) in [6, 6.07) is 1.23. The zero-order valence-corrected chi connectivity index (χ0v) is 12.5. The van der Waals surface area contributed by atoms with Crippen molar-refractivity contribution in [2.45, 2.75) is 52.6 Å². The highest BCUT2D eigenvalue weighted by Gasteiger charge is 2.32. The Hall–Kier alpha value is -0.120. The summed E-state index contributed by atoms with van der Waals surface area (Å²) in [4.78, 5) is 2.58. The van der Waals surface area contributed by atoms with Gasteiger partial charge in [-0.1, -0.05) is 20.8 Å². The van der Waals surface area contributed by atoms with E-state index in [1.807, 2.05) is 0 Å². The first-order valence-electron chi connectivity index (χ1n) is 7.52. The van der Waals surface area contributed by atoms with Crippen molar-refractivity contribution in [3.05, 3.63) is 0 Å². The van der Waals surface area contributed by atoms with Gasteiger partial charge < -0.3 is 10.1 Å². The van der Waals surface area contributed by atoms with Crippen molar-refractivity contribution >= 4 is 0 Å². The number of hydrogen-bond acceptors (Lipinski definition) is 3. The molecule has 2 unspecified atom stereocenters. The van der Waals surface area contributed by atoms with Gasteiger partial charge in [-0.3, -0.25) is 4.90 Å². The van der Waals surface area contributed by atoms with E-state index in [9.17, 15) is 0 Å². The third kappa shape index (κ3) is 4.22. The van der Waals surface area contributed by atoms with Crippen molar-refractivity contribution in [2.75, 3.05) is 32.8 Å². The lowest BCUT2D eigenvalue weighted by Crippen LogP contribution is -2.59. The predicted octanol–water partition coefficient (Wildman–Crippen LogP) is 2.12. The molecule has 0 aromatic rings. The smallest absolute Gasteiger partial charge is 0.0593 e. The first-order valence-corrected chi connectivity index (χ1v) is 7.52. The minimum atomic E-state index is 0.341. The zero-order valence-electron chi connectivity index (χ0n) is 12.5. The number of hydrogen-bond donors (Lipinski definition) is 1. The molecule has 1 saturated carbocycles. The van der Waals surface area contributed by atoms with E-state index in [1.54, 1.807) is 0 Å². The molecule has 106 valence electrons. The molecule has 1 N–H and O–H groups in total. The van der Waals surface area contributed by atoms with Gasteiger partial charge in [0.25, 0.3) is 0 Å². The Balaban J connectivity index is 1.70. The molecule has 0 spiro atoms. The number of nitrogens with one attached hydrogen (secondary N) is 1. The molecule has 3 heteroatoms. The second-order valence-corrected chi connectivity index (χ2v) is 7.19. The van der Waals surface area contributed by atoms with Crippen LogP contribution in [0.3, 0.4) is 0 Å². The Labute approximate surface area is 112 Å². The van der Waals surface area contributed by atoms with Gasteiger partial charge in [-0.25, -0.2) is 0 Å². The topological polar surface area (TPSA) is 24.5 Å². The monoisotopic (exact) mass is 254 g/mol. The fraction of sp³-hybridized carbons (Fsp3) is 1.00. The Bertz CT molecular complexity index is 258. The van der Waals surface area contributed by atoms with E-state index in [0.29, 0.717) is 17.5 Å². The summed E-state index contributed by atoms with van der Waals surface area (Å²) in [5.41, 5.74) is 0.341. The maximum atomic E-state index is 5.77. The third-order valence-electron chi connectivity index (χ3n) is 4.32. The van der Waals surface area contributed by atoms with Crippen LogP contribution < -0.4 is 5.32 Å². The fourth-order valence-electron chi connectivity index (χ4n) is 2.53. The minimum absolute atomic E-state index is 0.341. The van der Waals surface area contributed by atoms with Gasteiger partial charge in [-0.2, -0.15) is 0 Å². The number of rotatable bonds is 5. The normalized spacial score (nSPS) is 30.7. The van der Waals surface area contributed by atoms with Crippen molar-refractivity contribution in [1.82, 2.24) is 10.2 Å². The van der Waals surface area contributed by atoms with Crippen LogP contribution in [0.5, 0.6) is 0 Å². The van der Waals surface area contributed by atoms with E-state index in [-0.39, 0.29) is 0 Å². The average Bonchev–Trinajstić information content (AvgIpc) is 3.09. The Kier molecular flexibility index (Phi) is 4.68. The minimum Gasteiger partial charge on any atom is -0.380 e. The highest BCUT2D eigenvalue weighted by Crippen LogP contribution is 2.28. The third-order valence-corrected chi connectivity index (χ3v) is 4.32. The highest BCUT2D eigenvalue weighted by atomic mass is 16.5. The predicted molar refractivity (Wildman–Crippen MR) is 75.8 cm³/mol. The second kappa shape index (κ2) is 5.89. The molecule has 2 aliphatic rings. The van der Waals surface area contributed by atoms with Crippen molar-refractivity contribution in [1.29, 1.82) is 0 Å². The van der Waals surface area contributed by atoms with Crippen LogP contribution >= 0.6 is 0 Å².